The number of ether oxygens (including phenoxy) is 3. The van der Waals surface area contributed by atoms with Crippen LogP contribution < -0.4 is 24.0 Å². The van der Waals surface area contributed by atoms with Crippen molar-refractivity contribution in [3.8, 4) is 17.2 Å². The van der Waals surface area contributed by atoms with Crippen LogP contribution >= 0.6 is 0 Å². The zero-order valence-corrected chi connectivity index (χ0v) is 18.4. The normalized spacial score (nSPS) is 20.5. The minimum absolute atomic E-state index is 0.0143. The topological polar surface area (TPSA) is 80.2 Å². The number of rotatable bonds is 8. The number of benzene rings is 1. The van der Waals surface area contributed by atoms with E-state index in [0.29, 0.717) is 17.2 Å². The molecule has 3 rings (SSSR count). The summed E-state index contributed by atoms with van der Waals surface area (Å²) < 4.78 is 18.6. The number of likely N-dealkylation sites (N-methyl/N-ethyl adjacent to an activating group) is 1. The first kappa shape index (κ1) is 21.3. The minimum atomic E-state index is -0.0143. The van der Waals surface area contributed by atoms with Crippen molar-refractivity contribution in [1.29, 1.82) is 0 Å². The Morgan fingerprint density at radius 3 is 2.10 bits per heavy atom. The molecule has 2 aromatic rings. The summed E-state index contributed by atoms with van der Waals surface area (Å²) in [5.74, 6) is 2.75. The summed E-state index contributed by atoms with van der Waals surface area (Å²) in [5, 5.41) is 12.7. The highest BCUT2D eigenvalue weighted by atomic mass is 16.5. The van der Waals surface area contributed by atoms with Gasteiger partial charge in [-0.05, 0) is 43.3 Å². The second kappa shape index (κ2) is 9.41. The highest BCUT2D eigenvalue weighted by Gasteiger charge is 2.36. The van der Waals surface area contributed by atoms with Crippen LogP contribution in [-0.4, -0.2) is 74.3 Å². The van der Waals surface area contributed by atoms with E-state index in [1.54, 1.807) is 26.2 Å². The van der Waals surface area contributed by atoms with Gasteiger partial charge in [0.25, 0.3) is 0 Å². The molecule has 9 heteroatoms. The van der Waals surface area contributed by atoms with Crippen molar-refractivity contribution >= 4 is 0 Å². The number of nitrogens with zero attached hydrogens (tertiary/aromatic N) is 4. The van der Waals surface area contributed by atoms with Crippen LogP contribution in [0.15, 0.2) is 12.1 Å². The SMILES string of the molecule is CC[NH+]1CC[NH+]([C@@H](c2cc(OC)c(OC)c(OC)c2)c2nnnn2C(C)C)CC1. The summed E-state index contributed by atoms with van der Waals surface area (Å²) in [6.07, 6.45) is 0. The van der Waals surface area contributed by atoms with E-state index in [2.05, 4.69) is 36.3 Å². The quantitative estimate of drug-likeness (QED) is 0.596. The minimum Gasteiger partial charge on any atom is -0.493 e. The van der Waals surface area contributed by atoms with Gasteiger partial charge in [0.15, 0.2) is 17.5 Å². The molecule has 1 saturated heterocycles. The van der Waals surface area contributed by atoms with Gasteiger partial charge in [-0.1, -0.05) is 0 Å². The molecule has 29 heavy (non-hydrogen) atoms. The third-order valence-electron chi connectivity index (χ3n) is 5.79. The molecule has 0 unspecified atom stereocenters. The van der Waals surface area contributed by atoms with E-state index in [1.807, 2.05) is 16.8 Å². The number of tetrazole rings is 1. The van der Waals surface area contributed by atoms with Gasteiger partial charge in [0.05, 0.1) is 33.9 Å². The molecule has 9 nitrogen and oxygen atoms in total. The number of hydrogen-bond donors (Lipinski definition) is 2. The molecule has 2 N–H and O–H groups in total. The molecular formula is C20H34N6O3+2. The Kier molecular flexibility index (Phi) is 6.92. The molecule has 0 bridgehead atoms. The molecule has 0 radical (unpaired) electrons. The molecule has 1 atom stereocenters. The van der Waals surface area contributed by atoms with E-state index in [-0.39, 0.29) is 12.1 Å². The van der Waals surface area contributed by atoms with Crippen molar-refractivity contribution in [1.82, 2.24) is 20.2 Å². The van der Waals surface area contributed by atoms with Crippen molar-refractivity contribution in [3.63, 3.8) is 0 Å². The predicted molar refractivity (Wildman–Crippen MR) is 108 cm³/mol. The van der Waals surface area contributed by atoms with Gasteiger partial charge >= 0.3 is 0 Å². The van der Waals surface area contributed by atoms with Gasteiger partial charge < -0.3 is 24.0 Å². The van der Waals surface area contributed by atoms with Gasteiger partial charge in [0.1, 0.15) is 26.2 Å². The summed E-state index contributed by atoms with van der Waals surface area (Å²) in [4.78, 5) is 3.09. The summed E-state index contributed by atoms with van der Waals surface area (Å²) in [7, 11) is 4.91. The number of quaternary nitrogens is 2. The maximum absolute atomic E-state index is 5.61. The van der Waals surface area contributed by atoms with Crippen LogP contribution in [0.2, 0.25) is 0 Å². The molecule has 0 saturated carbocycles. The van der Waals surface area contributed by atoms with Gasteiger partial charge in [0, 0.05) is 5.56 Å². The number of methoxy groups -OCH3 is 3. The van der Waals surface area contributed by atoms with E-state index < -0.39 is 0 Å². The summed E-state index contributed by atoms with van der Waals surface area (Å²) in [5.41, 5.74) is 1.06. The Bertz CT molecular complexity index is 776. The molecule has 0 amide bonds. The smallest absolute Gasteiger partial charge is 0.214 e. The number of nitrogens with one attached hydrogen (secondary N) is 2. The molecule has 1 aliphatic rings. The molecule has 1 aromatic carbocycles. The number of aromatic nitrogens is 4. The summed E-state index contributed by atoms with van der Waals surface area (Å²) >= 11 is 0. The van der Waals surface area contributed by atoms with Crippen molar-refractivity contribution in [3.05, 3.63) is 23.5 Å². The van der Waals surface area contributed by atoms with Crippen molar-refractivity contribution < 1.29 is 24.0 Å². The molecule has 0 aliphatic carbocycles. The van der Waals surface area contributed by atoms with Crippen molar-refractivity contribution in [2.24, 2.45) is 0 Å². The van der Waals surface area contributed by atoms with E-state index in [0.717, 1.165) is 44.1 Å². The Morgan fingerprint density at radius 2 is 1.62 bits per heavy atom. The molecule has 2 heterocycles. The Labute approximate surface area is 172 Å². The lowest BCUT2D eigenvalue weighted by atomic mass is 10.0. The standard InChI is InChI=1S/C20H32N6O3/c1-7-24-8-10-25(11-9-24)18(20-21-22-23-26(20)14(2)3)15-12-16(27-4)19(29-6)17(13-15)28-5/h12-14,18H,7-11H2,1-6H3/p+2/t18-/m0/s1. The molecule has 1 aromatic heterocycles. The maximum Gasteiger partial charge on any atom is 0.214 e. The lowest BCUT2D eigenvalue weighted by Crippen LogP contribution is -3.28. The number of hydrogen-bond acceptors (Lipinski definition) is 6. The van der Waals surface area contributed by atoms with Crippen LogP contribution in [0.3, 0.4) is 0 Å². The Hall–Kier alpha value is -2.39. The maximum atomic E-state index is 5.61. The zero-order chi connectivity index (χ0) is 21.0. The molecule has 160 valence electrons. The molecule has 0 spiro atoms. The molecular weight excluding hydrogens is 372 g/mol. The van der Waals surface area contributed by atoms with Crippen molar-refractivity contribution in [2.45, 2.75) is 32.9 Å². The third kappa shape index (κ3) is 4.30. The fourth-order valence-corrected chi connectivity index (χ4v) is 4.16. The lowest BCUT2D eigenvalue weighted by Gasteiger charge is -2.34. The van der Waals surface area contributed by atoms with Crippen LogP contribution in [0.4, 0.5) is 0 Å². The summed E-state index contributed by atoms with van der Waals surface area (Å²) in [6.45, 7) is 12.0. The second-order valence-corrected chi connectivity index (χ2v) is 7.73. The highest BCUT2D eigenvalue weighted by Crippen LogP contribution is 2.40. The Morgan fingerprint density at radius 1 is 1.00 bits per heavy atom. The summed E-state index contributed by atoms with van der Waals surface area (Å²) in [6, 6.07) is 4.21. The van der Waals surface area contributed by atoms with Crippen LogP contribution in [0, 0.1) is 0 Å². The van der Waals surface area contributed by atoms with Gasteiger partial charge in [0.2, 0.25) is 11.6 Å². The zero-order valence-electron chi connectivity index (χ0n) is 18.4. The second-order valence-electron chi connectivity index (χ2n) is 7.73. The monoisotopic (exact) mass is 406 g/mol. The third-order valence-corrected chi connectivity index (χ3v) is 5.79. The van der Waals surface area contributed by atoms with Gasteiger partial charge in [-0.2, -0.15) is 0 Å². The fourth-order valence-electron chi connectivity index (χ4n) is 4.16. The predicted octanol–water partition coefficient (Wildman–Crippen LogP) is -0.827. The number of piperazine rings is 1. The van der Waals surface area contributed by atoms with Gasteiger partial charge in [-0.15, -0.1) is 5.10 Å². The average Bonchev–Trinajstić information content (AvgIpc) is 3.23. The van der Waals surface area contributed by atoms with Crippen LogP contribution in [0.5, 0.6) is 17.2 Å². The Balaban J connectivity index is 2.09. The fraction of sp³-hybridized carbons (Fsp3) is 0.650. The average molecular weight is 407 g/mol. The van der Waals surface area contributed by atoms with Crippen LogP contribution in [0.25, 0.3) is 0 Å². The lowest BCUT2D eigenvalue weighted by molar-refractivity contribution is -1.02. The molecule has 1 aliphatic heterocycles. The van der Waals surface area contributed by atoms with Crippen LogP contribution in [0.1, 0.15) is 44.2 Å². The highest BCUT2D eigenvalue weighted by molar-refractivity contribution is 5.54. The first-order valence-corrected chi connectivity index (χ1v) is 10.3. The van der Waals surface area contributed by atoms with E-state index >= 15 is 0 Å². The van der Waals surface area contributed by atoms with E-state index in [1.165, 1.54) is 4.90 Å². The van der Waals surface area contributed by atoms with E-state index in [9.17, 15) is 0 Å². The van der Waals surface area contributed by atoms with Crippen molar-refractivity contribution in [2.75, 3.05) is 54.1 Å². The molecule has 1 fully saturated rings. The largest absolute Gasteiger partial charge is 0.493 e. The van der Waals surface area contributed by atoms with Gasteiger partial charge in [-0.3, -0.25) is 0 Å². The first-order chi connectivity index (χ1) is 14.0. The first-order valence-electron chi connectivity index (χ1n) is 10.3. The van der Waals surface area contributed by atoms with E-state index in [4.69, 9.17) is 14.2 Å². The van der Waals surface area contributed by atoms with Crippen LogP contribution in [-0.2, 0) is 0 Å². The van der Waals surface area contributed by atoms with Gasteiger partial charge in [-0.25, -0.2) is 4.68 Å².